The molecule has 1 atom stereocenters. The predicted molar refractivity (Wildman–Crippen MR) is 64.4 cm³/mol. The number of rotatable bonds is 5. The van der Waals surface area contributed by atoms with Crippen molar-refractivity contribution < 1.29 is 4.74 Å². The normalized spacial score (nSPS) is 12.8. The Labute approximate surface area is 98.5 Å². The average molecular weight is 278 g/mol. The van der Waals surface area contributed by atoms with Crippen LogP contribution in [0.15, 0.2) is 24.3 Å². The van der Waals surface area contributed by atoms with Gasteiger partial charge >= 0.3 is 0 Å². The van der Waals surface area contributed by atoms with Crippen LogP contribution in [0.2, 0.25) is 5.02 Å². The molecule has 0 saturated carbocycles. The Morgan fingerprint density at radius 2 is 2.00 bits per heavy atom. The Bertz CT molecular complexity index is 260. The van der Waals surface area contributed by atoms with Crippen molar-refractivity contribution in [3.63, 3.8) is 0 Å². The van der Waals surface area contributed by atoms with Crippen molar-refractivity contribution >= 4 is 27.5 Å². The van der Waals surface area contributed by atoms with Crippen molar-refractivity contribution in [1.29, 1.82) is 0 Å². The van der Waals surface area contributed by atoms with Crippen LogP contribution in [0.25, 0.3) is 0 Å². The van der Waals surface area contributed by atoms with Crippen molar-refractivity contribution in [1.82, 2.24) is 0 Å². The van der Waals surface area contributed by atoms with E-state index in [1.807, 2.05) is 12.1 Å². The van der Waals surface area contributed by atoms with Gasteiger partial charge in [0.15, 0.2) is 0 Å². The molecule has 0 fully saturated rings. The molecule has 1 aromatic carbocycles. The van der Waals surface area contributed by atoms with Crippen LogP contribution in [0.3, 0.4) is 0 Å². The van der Waals surface area contributed by atoms with Gasteiger partial charge in [-0.3, -0.25) is 0 Å². The molecular formula is C11H14BrClO. The molecule has 78 valence electrons. The van der Waals surface area contributed by atoms with Gasteiger partial charge in [-0.1, -0.05) is 39.7 Å². The molecule has 1 nitrogen and oxygen atoms in total. The topological polar surface area (TPSA) is 9.23 Å². The van der Waals surface area contributed by atoms with E-state index in [4.69, 9.17) is 16.3 Å². The molecule has 0 radical (unpaired) electrons. The molecule has 3 heteroatoms. The van der Waals surface area contributed by atoms with Gasteiger partial charge in [-0.25, -0.2) is 0 Å². The number of alkyl halides is 1. The van der Waals surface area contributed by atoms with E-state index in [0.717, 1.165) is 24.5 Å². The number of hydrogen-bond donors (Lipinski definition) is 0. The summed E-state index contributed by atoms with van der Waals surface area (Å²) >= 11 is 9.35. The maximum absolute atomic E-state index is 5.79. The summed E-state index contributed by atoms with van der Waals surface area (Å²) in [5.74, 6) is 0. The first-order chi connectivity index (χ1) is 6.72. The summed E-state index contributed by atoms with van der Waals surface area (Å²) in [5.41, 5.74) is 1.31. The highest BCUT2D eigenvalue weighted by Gasteiger charge is 2.03. The number of benzene rings is 1. The minimum atomic E-state index is 0.433. The van der Waals surface area contributed by atoms with Gasteiger partial charge < -0.3 is 4.74 Å². The van der Waals surface area contributed by atoms with Gasteiger partial charge in [0.2, 0.25) is 0 Å². The fraction of sp³-hybridized carbons (Fsp3) is 0.455. The van der Waals surface area contributed by atoms with Gasteiger partial charge in [-0.2, -0.15) is 0 Å². The first-order valence-electron chi connectivity index (χ1n) is 4.60. The zero-order valence-electron chi connectivity index (χ0n) is 8.17. The maximum Gasteiger partial charge on any atom is 0.0587 e. The van der Waals surface area contributed by atoms with E-state index in [1.54, 1.807) is 7.11 Å². The highest BCUT2D eigenvalue weighted by molar-refractivity contribution is 9.09. The van der Waals surface area contributed by atoms with Crippen LogP contribution in [0.4, 0.5) is 0 Å². The SMILES string of the molecule is COCC(Br)CCc1ccc(Cl)cc1. The first-order valence-corrected chi connectivity index (χ1v) is 5.89. The molecule has 1 unspecified atom stereocenters. The molecule has 1 rings (SSSR count). The highest BCUT2D eigenvalue weighted by Crippen LogP contribution is 2.14. The molecule has 0 aliphatic rings. The molecule has 0 N–H and O–H groups in total. The Hall–Kier alpha value is -0.0500. The van der Waals surface area contributed by atoms with E-state index in [-0.39, 0.29) is 0 Å². The van der Waals surface area contributed by atoms with Crippen molar-refractivity contribution in [2.24, 2.45) is 0 Å². The van der Waals surface area contributed by atoms with Crippen LogP contribution in [-0.2, 0) is 11.2 Å². The number of hydrogen-bond acceptors (Lipinski definition) is 1. The van der Waals surface area contributed by atoms with Gasteiger partial charge in [0, 0.05) is 17.0 Å². The summed E-state index contributed by atoms with van der Waals surface area (Å²) in [5, 5.41) is 0.793. The van der Waals surface area contributed by atoms with E-state index >= 15 is 0 Å². The van der Waals surface area contributed by atoms with Crippen molar-refractivity contribution in [3.05, 3.63) is 34.9 Å². The zero-order chi connectivity index (χ0) is 10.4. The molecule has 0 saturated heterocycles. The second-order valence-electron chi connectivity index (χ2n) is 3.22. The second-order valence-corrected chi connectivity index (χ2v) is 4.95. The molecule has 14 heavy (non-hydrogen) atoms. The Balaban J connectivity index is 2.34. The minimum Gasteiger partial charge on any atom is -0.384 e. The van der Waals surface area contributed by atoms with Crippen LogP contribution in [0, 0.1) is 0 Å². The lowest BCUT2D eigenvalue weighted by Gasteiger charge is -2.07. The lowest BCUT2D eigenvalue weighted by atomic mass is 10.1. The van der Waals surface area contributed by atoms with Gasteiger partial charge in [-0.15, -0.1) is 0 Å². The summed E-state index contributed by atoms with van der Waals surface area (Å²) in [6.07, 6.45) is 2.13. The zero-order valence-corrected chi connectivity index (χ0v) is 10.5. The molecule has 1 aromatic rings. The smallest absolute Gasteiger partial charge is 0.0587 e. The largest absolute Gasteiger partial charge is 0.384 e. The number of aryl methyl sites for hydroxylation is 1. The molecule has 0 bridgehead atoms. The minimum absolute atomic E-state index is 0.433. The van der Waals surface area contributed by atoms with Gasteiger partial charge in [0.25, 0.3) is 0 Å². The first kappa shape index (κ1) is 12.0. The molecule has 0 amide bonds. The monoisotopic (exact) mass is 276 g/mol. The standard InChI is InChI=1S/C11H14BrClO/c1-14-8-10(12)5-2-9-3-6-11(13)7-4-9/h3-4,6-7,10H,2,5,8H2,1H3. The fourth-order valence-electron chi connectivity index (χ4n) is 1.24. The van der Waals surface area contributed by atoms with E-state index in [0.29, 0.717) is 4.83 Å². The summed E-state index contributed by atoms with van der Waals surface area (Å²) in [6.45, 7) is 0.758. The van der Waals surface area contributed by atoms with E-state index in [1.165, 1.54) is 5.56 Å². The molecule has 0 heterocycles. The lowest BCUT2D eigenvalue weighted by Crippen LogP contribution is -2.07. The molecule has 0 aliphatic carbocycles. The van der Waals surface area contributed by atoms with E-state index in [2.05, 4.69) is 28.1 Å². The van der Waals surface area contributed by atoms with Gasteiger partial charge in [0.05, 0.1) is 6.61 Å². The van der Waals surface area contributed by atoms with Crippen LogP contribution in [0.1, 0.15) is 12.0 Å². The van der Waals surface area contributed by atoms with Gasteiger partial charge in [-0.05, 0) is 30.5 Å². The third-order valence-corrected chi connectivity index (χ3v) is 2.98. The Kier molecular flexibility index (Phi) is 5.53. The summed E-state index contributed by atoms with van der Waals surface area (Å²) < 4.78 is 5.04. The lowest BCUT2D eigenvalue weighted by molar-refractivity contribution is 0.198. The average Bonchev–Trinajstić information content (AvgIpc) is 2.17. The summed E-state index contributed by atoms with van der Waals surface area (Å²) in [4.78, 5) is 0.433. The van der Waals surface area contributed by atoms with Crippen molar-refractivity contribution in [2.45, 2.75) is 17.7 Å². The van der Waals surface area contributed by atoms with Crippen LogP contribution in [-0.4, -0.2) is 18.5 Å². The Morgan fingerprint density at radius 1 is 1.36 bits per heavy atom. The fourth-order valence-corrected chi connectivity index (χ4v) is 1.86. The van der Waals surface area contributed by atoms with Crippen molar-refractivity contribution in [3.8, 4) is 0 Å². The number of halogens is 2. The molecule has 0 aromatic heterocycles. The number of ether oxygens (including phenoxy) is 1. The van der Waals surface area contributed by atoms with Crippen LogP contribution >= 0.6 is 27.5 Å². The van der Waals surface area contributed by atoms with Crippen LogP contribution < -0.4 is 0 Å². The van der Waals surface area contributed by atoms with E-state index in [9.17, 15) is 0 Å². The maximum atomic E-state index is 5.79. The highest BCUT2D eigenvalue weighted by atomic mass is 79.9. The quantitative estimate of drug-likeness (QED) is 0.746. The summed E-state index contributed by atoms with van der Waals surface area (Å²) in [7, 11) is 1.72. The van der Waals surface area contributed by atoms with E-state index < -0.39 is 0 Å². The summed E-state index contributed by atoms with van der Waals surface area (Å²) in [6, 6.07) is 7.98. The third kappa shape index (κ3) is 4.45. The second kappa shape index (κ2) is 6.44. The Morgan fingerprint density at radius 3 is 2.57 bits per heavy atom. The van der Waals surface area contributed by atoms with Crippen LogP contribution in [0.5, 0.6) is 0 Å². The third-order valence-electron chi connectivity index (χ3n) is 2.01. The molecule has 0 aliphatic heterocycles. The molecule has 0 spiro atoms. The molecular weight excluding hydrogens is 263 g/mol. The number of methoxy groups -OCH3 is 1. The van der Waals surface area contributed by atoms with Gasteiger partial charge in [0.1, 0.15) is 0 Å². The predicted octanol–water partition coefficient (Wildman–Crippen LogP) is 3.68. The van der Waals surface area contributed by atoms with Crippen molar-refractivity contribution in [2.75, 3.05) is 13.7 Å².